The monoisotopic (exact) mass is 310 g/mol. The van der Waals surface area contributed by atoms with E-state index in [0.29, 0.717) is 12.2 Å². The molecule has 0 saturated heterocycles. The Kier molecular flexibility index (Phi) is 4.55. The van der Waals surface area contributed by atoms with Crippen molar-refractivity contribution in [3.63, 3.8) is 0 Å². The predicted molar refractivity (Wildman–Crippen MR) is 89.9 cm³/mol. The Morgan fingerprint density at radius 1 is 1.36 bits per heavy atom. The Hall–Kier alpha value is -2.12. The second-order valence-electron chi connectivity index (χ2n) is 5.24. The number of ether oxygens (including phenoxy) is 1. The van der Waals surface area contributed by atoms with Gasteiger partial charge in [0, 0.05) is 10.4 Å². The first kappa shape index (κ1) is 14.8. The van der Waals surface area contributed by atoms with Gasteiger partial charge in [-0.1, -0.05) is 18.2 Å². The highest BCUT2D eigenvalue weighted by molar-refractivity contribution is 7.13. The lowest BCUT2D eigenvalue weighted by atomic mass is 10.0. The Labute approximate surface area is 134 Å². The molecule has 0 aliphatic heterocycles. The summed E-state index contributed by atoms with van der Waals surface area (Å²) in [6.07, 6.45) is 6.46. The fourth-order valence-electron chi connectivity index (χ4n) is 2.65. The maximum Gasteiger partial charge on any atom is 0.134 e. The fourth-order valence-corrected chi connectivity index (χ4v) is 3.77. The minimum Gasteiger partial charge on any atom is -0.493 e. The van der Waals surface area contributed by atoms with Gasteiger partial charge < -0.3 is 4.74 Å². The van der Waals surface area contributed by atoms with Gasteiger partial charge in [-0.25, -0.2) is 4.98 Å². The summed E-state index contributed by atoms with van der Waals surface area (Å²) in [6.45, 7) is 2.57. The molecule has 0 N–H and O–H groups in total. The van der Waals surface area contributed by atoms with Gasteiger partial charge in [-0.15, -0.1) is 11.3 Å². The number of fused-ring (bicyclic) bond motifs is 1. The number of thiazole rings is 1. The quantitative estimate of drug-likeness (QED) is 0.782. The van der Waals surface area contributed by atoms with Gasteiger partial charge in [-0.05, 0) is 44.7 Å². The normalized spacial score (nSPS) is 14.3. The Balaban J connectivity index is 1.97. The number of nitrogens with zero attached hydrogens (tertiary/aromatic N) is 2. The van der Waals surface area contributed by atoms with Crippen LogP contribution in [0.1, 0.15) is 40.9 Å². The molecule has 3 nitrogen and oxygen atoms in total. The molecule has 1 aliphatic carbocycles. The van der Waals surface area contributed by atoms with Crippen LogP contribution in [0.5, 0.6) is 5.75 Å². The van der Waals surface area contributed by atoms with Gasteiger partial charge in [0.25, 0.3) is 0 Å². The first-order valence-electron chi connectivity index (χ1n) is 7.64. The number of para-hydroxylation sites is 1. The van der Waals surface area contributed by atoms with E-state index in [2.05, 4.69) is 11.1 Å². The van der Waals surface area contributed by atoms with Crippen LogP contribution in [0, 0.1) is 11.3 Å². The molecule has 112 valence electrons. The van der Waals surface area contributed by atoms with E-state index in [0.717, 1.165) is 29.2 Å². The molecule has 0 unspecified atom stereocenters. The van der Waals surface area contributed by atoms with Crippen LogP contribution in [0.4, 0.5) is 0 Å². The number of benzene rings is 1. The first-order valence-corrected chi connectivity index (χ1v) is 8.46. The van der Waals surface area contributed by atoms with Gasteiger partial charge in [-0.2, -0.15) is 5.26 Å². The summed E-state index contributed by atoms with van der Waals surface area (Å²) < 4.78 is 5.63. The Bertz CT molecular complexity index is 716. The molecule has 1 aromatic heterocycles. The first-order chi connectivity index (χ1) is 10.8. The van der Waals surface area contributed by atoms with Crippen molar-refractivity contribution in [2.75, 3.05) is 6.61 Å². The molecular weight excluding hydrogens is 292 g/mol. The molecule has 0 spiro atoms. The van der Waals surface area contributed by atoms with E-state index < -0.39 is 0 Å². The highest BCUT2D eigenvalue weighted by atomic mass is 32.1. The molecule has 0 radical (unpaired) electrons. The fraction of sp³-hybridized carbons (Fsp3) is 0.333. The number of hydrogen-bond donors (Lipinski definition) is 0. The van der Waals surface area contributed by atoms with Gasteiger partial charge in [0.15, 0.2) is 0 Å². The molecule has 0 bridgehead atoms. The van der Waals surface area contributed by atoms with E-state index in [1.165, 1.54) is 23.4 Å². The molecule has 1 aliphatic rings. The summed E-state index contributed by atoms with van der Waals surface area (Å²) >= 11 is 1.66. The molecule has 0 atom stereocenters. The van der Waals surface area contributed by atoms with Crippen LogP contribution in [0.2, 0.25) is 0 Å². The highest BCUT2D eigenvalue weighted by Gasteiger charge is 2.17. The third kappa shape index (κ3) is 3.05. The third-order valence-electron chi connectivity index (χ3n) is 3.72. The number of hydrogen-bond acceptors (Lipinski definition) is 4. The van der Waals surface area contributed by atoms with Crippen LogP contribution >= 0.6 is 11.3 Å². The summed E-state index contributed by atoms with van der Waals surface area (Å²) in [7, 11) is 0. The minimum absolute atomic E-state index is 0.609. The van der Waals surface area contributed by atoms with Crippen LogP contribution in [0.25, 0.3) is 11.6 Å². The van der Waals surface area contributed by atoms with Gasteiger partial charge in [-0.3, -0.25) is 0 Å². The van der Waals surface area contributed by atoms with Crippen molar-refractivity contribution >= 4 is 23.0 Å². The van der Waals surface area contributed by atoms with Crippen molar-refractivity contribution in [1.29, 1.82) is 5.26 Å². The summed E-state index contributed by atoms with van der Waals surface area (Å²) in [5.74, 6) is 0.805. The lowest BCUT2D eigenvalue weighted by Gasteiger charge is -2.06. The summed E-state index contributed by atoms with van der Waals surface area (Å²) in [5, 5.41) is 10.4. The topological polar surface area (TPSA) is 45.9 Å². The molecule has 0 fully saturated rings. The second-order valence-corrected chi connectivity index (χ2v) is 6.32. The molecular formula is C18H18N2OS. The second kappa shape index (κ2) is 6.76. The predicted octanol–water partition coefficient (Wildman–Crippen LogP) is 4.48. The van der Waals surface area contributed by atoms with Gasteiger partial charge in [0.05, 0.1) is 17.9 Å². The van der Waals surface area contributed by atoms with Gasteiger partial charge in [0.1, 0.15) is 16.8 Å². The van der Waals surface area contributed by atoms with E-state index in [9.17, 15) is 5.26 Å². The smallest absolute Gasteiger partial charge is 0.134 e. The largest absolute Gasteiger partial charge is 0.493 e. The zero-order valence-electron chi connectivity index (χ0n) is 12.6. The third-order valence-corrected chi connectivity index (χ3v) is 4.91. The molecule has 0 amide bonds. The highest BCUT2D eigenvalue weighted by Crippen LogP contribution is 2.32. The van der Waals surface area contributed by atoms with Crippen LogP contribution in [-0.4, -0.2) is 11.6 Å². The lowest BCUT2D eigenvalue weighted by Crippen LogP contribution is -1.99. The Morgan fingerprint density at radius 2 is 2.18 bits per heavy atom. The summed E-state index contributed by atoms with van der Waals surface area (Å²) in [4.78, 5) is 6.03. The number of rotatable bonds is 4. The van der Waals surface area contributed by atoms with E-state index >= 15 is 0 Å². The lowest BCUT2D eigenvalue weighted by molar-refractivity contribution is 0.339. The van der Waals surface area contributed by atoms with Crippen molar-refractivity contribution in [2.24, 2.45) is 0 Å². The number of aromatic nitrogens is 1. The molecule has 1 aromatic carbocycles. The maximum absolute atomic E-state index is 9.53. The zero-order valence-corrected chi connectivity index (χ0v) is 13.4. The maximum atomic E-state index is 9.53. The number of nitriles is 1. The summed E-state index contributed by atoms with van der Waals surface area (Å²) in [6, 6.07) is 10.1. The van der Waals surface area contributed by atoms with Crippen molar-refractivity contribution in [1.82, 2.24) is 4.98 Å². The minimum atomic E-state index is 0.609. The molecule has 4 heteroatoms. The molecule has 0 saturated carbocycles. The summed E-state index contributed by atoms with van der Waals surface area (Å²) in [5.41, 5.74) is 2.73. The average Bonchev–Trinajstić information content (AvgIpc) is 2.98. The van der Waals surface area contributed by atoms with E-state index in [1.807, 2.05) is 37.3 Å². The van der Waals surface area contributed by atoms with Crippen molar-refractivity contribution in [2.45, 2.75) is 32.6 Å². The number of aryl methyl sites for hydroxylation is 2. The van der Waals surface area contributed by atoms with Crippen molar-refractivity contribution < 1.29 is 4.74 Å². The Morgan fingerprint density at radius 3 is 2.95 bits per heavy atom. The van der Waals surface area contributed by atoms with Crippen LogP contribution in [0.15, 0.2) is 24.3 Å². The van der Waals surface area contributed by atoms with Crippen LogP contribution in [0.3, 0.4) is 0 Å². The van der Waals surface area contributed by atoms with E-state index in [1.54, 1.807) is 11.3 Å². The molecule has 22 heavy (non-hydrogen) atoms. The zero-order chi connectivity index (χ0) is 15.4. The average molecular weight is 310 g/mol. The van der Waals surface area contributed by atoms with E-state index in [-0.39, 0.29) is 0 Å². The van der Waals surface area contributed by atoms with Crippen LogP contribution in [-0.2, 0) is 12.8 Å². The molecule has 2 aromatic rings. The van der Waals surface area contributed by atoms with Crippen molar-refractivity contribution in [3.05, 3.63) is 45.4 Å². The standard InChI is InChI=1S/C18H18N2OS/c1-2-21-16-9-5-3-7-13(16)11-14(12-19)18-20-15-8-4-6-10-17(15)22-18/h3,5,7,9,11H,2,4,6,8,10H2,1H3/b14-11+. The SMILES string of the molecule is CCOc1ccccc1/C=C(\C#N)c1nc2c(s1)CCCC2. The van der Waals surface area contributed by atoms with E-state index in [4.69, 9.17) is 4.74 Å². The van der Waals surface area contributed by atoms with Crippen molar-refractivity contribution in [3.8, 4) is 11.8 Å². The number of allylic oxidation sites excluding steroid dienone is 1. The molecule has 1 heterocycles. The van der Waals surface area contributed by atoms with Gasteiger partial charge in [0.2, 0.25) is 0 Å². The van der Waals surface area contributed by atoms with Gasteiger partial charge >= 0.3 is 0 Å². The van der Waals surface area contributed by atoms with Crippen LogP contribution < -0.4 is 4.74 Å². The molecule has 3 rings (SSSR count).